The molecule has 0 spiro atoms. The molecular weight excluding hydrogens is 284 g/mol. The first-order chi connectivity index (χ1) is 10.1. The van der Waals surface area contributed by atoms with Crippen molar-refractivity contribution in [3.8, 4) is 21.6 Å². The van der Waals surface area contributed by atoms with Crippen molar-refractivity contribution in [3.05, 3.63) is 53.8 Å². The van der Waals surface area contributed by atoms with Gasteiger partial charge in [0.05, 0.1) is 10.4 Å². The number of primary amides is 1. The molecule has 2 heterocycles. The molecule has 0 unspecified atom stereocenters. The molecule has 0 aliphatic heterocycles. The Morgan fingerprint density at radius 3 is 2.48 bits per heavy atom. The minimum Gasteiger partial charge on any atom is -0.383 e. The third kappa shape index (κ3) is 2.61. The van der Waals surface area contributed by atoms with E-state index in [0.717, 1.165) is 21.6 Å². The molecule has 0 bridgehead atoms. The Morgan fingerprint density at radius 2 is 1.86 bits per heavy atom. The van der Waals surface area contributed by atoms with Crippen LogP contribution in [0.3, 0.4) is 0 Å². The number of pyridine rings is 1. The van der Waals surface area contributed by atoms with Crippen molar-refractivity contribution in [3.63, 3.8) is 0 Å². The topological polar surface area (TPSA) is 94.9 Å². The van der Waals surface area contributed by atoms with Gasteiger partial charge in [0.15, 0.2) is 0 Å². The van der Waals surface area contributed by atoms with E-state index >= 15 is 0 Å². The van der Waals surface area contributed by atoms with Crippen molar-refractivity contribution in [2.45, 2.75) is 0 Å². The number of nitrogen functional groups attached to an aromatic ring is 1. The fourth-order valence-corrected chi connectivity index (χ4v) is 2.62. The van der Waals surface area contributed by atoms with Crippen LogP contribution in [-0.2, 0) is 0 Å². The second-order valence-corrected chi connectivity index (χ2v) is 5.35. The van der Waals surface area contributed by atoms with Crippen molar-refractivity contribution in [1.82, 2.24) is 9.97 Å². The van der Waals surface area contributed by atoms with E-state index in [1.54, 1.807) is 30.0 Å². The minimum absolute atomic E-state index is 0.440. The zero-order valence-electron chi connectivity index (χ0n) is 11.0. The third-order valence-electron chi connectivity index (χ3n) is 3.12. The lowest BCUT2D eigenvalue weighted by Crippen LogP contribution is -2.10. The van der Waals surface area contributed by atoms with Crippen molar-refractivity contribution in [1.29, 1.82) is 0 Å². The maximum Gasteiger partial charge on any atom is 0.248 e. The van der Waals surface area contributed by atoms with E-state index in [9.17, 15) is 4.79 Å². The van der Waals surface area contributed by atoms with Crippen molar-refractivity contribution in [2.75, 3.05) is 5.73 Å². The monoisotopic (exact) mass is 296 g/mol. The lowest BCUT2D eigenvalue weighted by Gasteiger charge is -2.07. The van der Waals surface area contributed by atoms with Gasteiger partial charge in [-0.2, -0.15) is 0 Å². The van der Waals surface area contributed by atoms with Crippen molar-refractivity contribution >= 4 is 23.1 Å². The molecule has 4 N–H and O–H groups in total. The van der Waals surface area contributed by atoms with Crippen LogP contribution in [-0.4, -0.2) is 15.9 Å². The van der Waals surface area contributed by atoms with E-state index in [-0.39, 0.29) is 0 Å². The molecule has 5 nitrogen and oxygen atoms in total. The van der Waals surface area contributed by atoms with Gasteiger partial charge in [-0.05, 0) is 23.8 Å². The Kier molecular flexibility index (Phi) is 3.37. The van der Waals surface area contributed by atoms with E-state index < -0.39 is 5.91 Å². The Morgan fingerprint density at radius 1 is 1.10 bits per heavy atom. The number of hydrogen-bond donors (Lipinski definition) is 2. The molecule has 104 valence electrons. The fourth-order valence-electron chi connectivity index (χ4n) is 2.01. The van der Waals surface area contributed by atoms with Crippen molar-refractivity contribution in [2.24, 2.45) is 5.73 Å². The number of carbonyl (C=O) groups is 1. The van der Waals surface area contributed by atoms with Crippen LogP contribution in [0.1, 0.15) is 10.4 Å². The van der Waals surface area contributed by atoms with Crippen LogP contribution in [0.5, 0.6) is 0 Å². The largest absolute Gasteiger partial charge is 0.383 e. The fraction of sp³-hybridized carbons (Fsp3) is 0. The van der Waals surface area contributed by atoms with Crippen LogP contribution in [0, 0.1) is 0 Å². The lowest BCUT2D eigenvalue weighted by molar-refractivity contribution is 0.100. The van der Waals surface area contributed by atoms with Gasteiger partial charge in [0.25, 0.3) is 0 Å². The van der Waals surface area contributed by atoms with E-state index in [2.05, 4.69) is 9.97 Å². The van der Waals surface area contributed by atoms with Crippen LogP contribution in [0.25, 0.3) is 21.6 Å². The molecule has 0 atom stereocenters. The molecule has 3 aromatic rings. The molecule has 2 aromatic heterocycles. The number of nitrogens with two attached hydrogens (primary N) is 2. The Labute approximate surface area is 125 Å². The summed E-state index contributed by atoms with van der Waals surface area (Å²) in [6.07, 6.45) is 3.52. The highest BCUT2D eigenvalue weighted by atomic mass is 32.1. The normalized spacial score (nSPS) is 10.5. The van der Waals surface area contributed by atoms with Gasteiger partial charge < -0.3 is 11.5 Å². The summed E-state index contributed by atoms with van der Waals surface area (Å²) >= 11 is 1.54. The van der Waals surface area contributed by atoms with Gasteiger partial charge in [0.2, 0.25) is 5.91 Å². The number of nitrogens with zero attached hydrogens (tertiary/aromatic N) is 2. The number of benzene rings is 1. The first-order valence-corrected chi connectivity index (χ1v) is 7.08. The average Bonchev–Trinajstić information content (AvgIpc) is 3.02. The number of amides is 1. The maximum absolute atomic E-state index is 11.1. The maximum atomic E-state index is 11.1. The molecule has 0 aliphatic rings. The van der Waals surface area contributed by atoms with E-state index in [1.807, 2.05) is 18.2 Å². The van der Waals surface area contributed by atoms with Crippen LogP contribution in [0.15, 0.2) is 48.2 Å². The Bertz CT molecular complexity index is 782. The molecule has 3 rings (SSSR count). The second kappa shape index (κ2) is 5.34. The molecule has 6 heteroatoms. The SMILES string of the molecule is NC(=O)c1ccc(-c2cc(-c3cncs3)cnc2N)cc1. The third-order valence-corrected chi connectivity index (χ3v) is 3.94. The van der Waals surface area contributed by atoms with Gasteiger partial charge in [-0.25, -0.2) is 4.98 Å². The quantitative estimate of drug-likeness (QED) is 0.776. The minimum atomic E-state index is -0.453. The highest BCUT2D eigenvalue weighted by molar-refractivity contribution is 7.13. The molecule has 0 aliphatic carbocycles. The Balaban J connectivity index is 2.05. The van der Waals surface area contributed by atoms with E-state index in [0.29, 0.717) is 11.4 Å². The van der Waals surface area contributed by atoms with Gasteiger partial charge in [-0.1, -0.05) is 12.1 Å². The smallest absolute Gasteiger partial charge is 0.248 e. The number of anilines is 1. The summed E-state index contributed by atoms with van der Waals surface area (Å²) in [6, 6.07) is 8.94. The number of hydrogen-bond acceptors (Lipinski definition) is 5. The summed E-state index contributed by atoms with van der Waals surface area (Å²) in [5, 5.41) is 0. The molecule has 0 fully saturated rings. The van der Waals surface area contributed by atoms with Crippen LogP contribution in [0.4, 0.5) is 5.82 Å². The highest BCUT2D eigenvalue weighted by Gasteiger charge is 2.09. The molecule has 0 radical (unpaired) electrons. The van der Waals surface area contributed by atoms with Gasteiger partial charge in [-0.15, -0.1) is 11.3 Å². The second-order valence-electron chi connectivity index (χ2n) is 4.46. The Hall–Kier alpha value is -2.73. The predicted molar refractivity (Wildman–Crippen MR) is 83.7 cm³/mol. The standard InChI is InChI=1S/C15H12N4OS/c16-14-12(9-1-3-10(4-2-9)15(17)20)5-11(6-19-14)13-7-18-8-21-13/h1-8H,(H2,16,19)(H2,17,20). The molecular formula is C15H12N4OS. The van der Waals surface area contributed by atoms with Gasteiger partial charge in [0.1, 0.15) is 5.82 Å². The van der Waals surface area contributed by atoms with Crippen LogP contribution in [0.2, 0.25) is 0 Å². The summed E-state index contributed by atoms with van der Waals surface area (Å²) in [5.74, 6) is -0.0128. The number of carbonyl (C=O) groups excluding carboxylic acids is 1. The summed E-state index contributed by atoms with van der Waals surface area (Å²) in [7, 11) is 0. The summed E-state index contributed by atoms with van der Waals surface area (Å²) in [5.41, 5.74) is 16.1. The summed E-state index contributed by atoms with van der Waals surface area (Å²) < 4.78 is 0. The van der Waals surface area contributed by atoms with Crippen molar-refractivity contribution < 1.29 is 4.79 Å². The molecule has 21 heavy (non-hydrogen) atoms. The van der Waals surface area contributed by atoms with E-state index in [1.165, 1.54) is 11.3 Å². The van der Waals surface area contributed by atoms with Gasteiger partial charge >= 0.3 is 0 Å². The molecule has 0 saturated carbocycles. The summed E-state index contributed by atoms with van der Waals surface area (Å²) in [6.45, 7) is 0. The van der Waals surface area contributed by atoms with Crippen LogP contribution < -0.4 is 11.5 Å². The van der Waals surface area contributed by atoms with E-state index in [4.69, 9.17) is 11.5 Å². The highest BCUT2D eigenvalue weighted by Crippen LogP contribution is 2.31. The number of thiazole rings is 1. The average molecular weight is 296 g/mol. The zero-order valence-corrected chi connectivity index (χ0v) is 11.8. The number of aromatic nitrogens is 2. The van der Waals surface area contributed by atoms with Crippen LogP contribution >= 0.6 is 11.3 Å². The first kappa shape index (κ1) is 13.3. The lowest BCUT2D eigenvalue weighted by atomic mass is 10.0. The number of rotatable bonds is 3. The first-order valence-electron chi connectivity index (χ1n) is 6.20. The molecule has 0 saturated heterocycles. The summed E-state index contributed by atoms with van der Waals surface area (Å²) in [4.78, 5) is 20.4. The zero-order chi connectivity index (χ0) is 14.8. The molecule has 1 amide bonds. The van der Waals surface area contributed by atoms with Gasteiger partial charge in [-0.3, -0.25) is 9.78 Å². The molecule has 1 aromatic carbocycles. The van der Waals surface area contributed by atoms with Gasteiger partial charge in [0, 0.05) is 29.1 Å². The predicted octanol–water partition coefficient (Wildman–Crippen LogP) is 2.55.